The maximum absolute atomic E-state index is 5.34. The monoisotopic (exact) mass is 318 g/mol. The van der Waals surface area contributed by atoms with Gasteiger partial charge in [0.1, 0.15) is 5.60 Å². The van der Waals surface area contributed by atoms with E-state index in [9.17, 15) is 0 Å². The minimum atomic E-state index is -0.322. The summed E-state index contributed by atoms with van der Waals surface area (Å²) in [4.78, 5) is 10.6. The molecule has 0 radical (unpaired) electrons. The Morgan fingerprint density at radius 1 is 1.33 bits per heavy atom. The van der Waals surface area contributed by atoms with Crippen LogP contribution in [0, 0.1) is 3.57 Å². The van der Waals surface area contributed by atoms with Gasteiger partial charge < -0.3 is 4.89 Å². The summed E-state index contributed by atoms with van der Waals surface area (Å²) < 4.78 is 1.01. The smallest absolute Gasteiger partial charge is 0.185 e. The van der Waals surface area contributed by atoms with Gasteiger partial charge in [0.05, 0.1) is 3.57 Å². The highest BCUT2D eigenvalue weighted by molar-refractivity contribution is 14.1. The Balaban J connectivity index is 2.88. The first kappa shape index (κ1) is 12.5. The standard InChI is InChI=1S/C12H15IO2/c1-5-9-7-6-8-10(13)11(9)14-15-12(2,3)4/h5-8H,1H2,2-4H3. The molecule has 1 aromatic carbocycles. The number of hydrogen-bond acceptors (Lipinski definition) is 2. The van der Waals surface area contributed by atoms with Crippen LogP contribution in [0.25, 0.3) is 6.08 Å². The van der Waals surface area contributed by atoms with Crippen molar-refractivity contribution in [3.05, 3.63) is 33.9 Å². The predicted octanol–water partition coefficient (Wildman–Crippen LogP) is 4.04. The molecule has 0 aliphatic rings. The molecule has 0 aliphatic heterocycles. The molecule has 0 aromatic heterocycles. The molecular weight excluding hydrogens is 303 g/mol. The summed E-state index contributed by atoms with van der Waals surface area (Å²) >= 11 is 2.21. The molecule has 0 aliphatic carbocycles. The first-order chi connectivity index (χ1) is 6.94. The van der Waals surface area contributed by atoms with Gasteiger partial charge in [0.2, 0.25) is 0 Å². The van der Waals surface area contributed by atoms with Crippen molar-refractivity contribution in [1.82, 2.24) is 0 Å². The molecule has 0 atom stereocenters. The fourth-order valence-corrected chi connectivity index (χ4v) is 1.55. The highest BCUT2D eigenvalue weighted by Crippen LogP contribution is 2.27. The van der Waals surface area contributed by atoms with E-state index in [0.717, 1.165) is 14.9 Å². The summed E-state index contributed by atoms with van der Waals surface area (Å²) in [6.45, 7) is 9.56. The van der Waals surface area contributed by atoms with Crippen LogP contribution in [0.4, 0.5) is 0 Å². The van der Waals surface area contributed by atoms with Crippen molar-refractivity contribution in [2.45, 2.75) is 26.4 Å². The molecule has 0 bridgehead atoms. The first-order valence-electron chi connectivity index (χ1n) is 4.70. The number of rotatable bonds is 3. The molecule has 2 nitrogen and oxygen atoms in total. The van der Waals surface area contributed by atoms with Gasteiger partial charge in [0, 0.05) is 5.56 Å². The third-order valence-electron chi connectivity index (χ3n) is 1.59. The average molecular weight is 318 g/mol. The zero-order chi connectivity index (χ0) is 11.5. The van der Waals surface area contributed by atoms with Gasteiger partial charge in [-0.1, -0.05) is 24.8 Å². The number of para-hydroxylation sites is 1. The Labute approximate surface area is 104 Å². The van der Waals surface area contributed by atoms with Crippen LogP contribution in [0.2, 0.25) is 0 Å². The lowest BCUT2D eigenvalue weighted by molar-refractivity contribution is -0.275. The van der Waals surface area contributed by atoms with Gasteiger partial charge in [-0.15, -0.1) is 0 Å². The van der Waals surface area contributed by atoms with E-state index >= 15 is 0 Å². The van der Waals surface area contributed by atoms with Crippen LogP contribution in [0.15, 0.2) is 24.8 Å². The van der Waals surface area contributed by atoms with Crippen molar-refractivity contribution in [3.63, 3.8) is 0 Å². The van der Waals surface area contributed by atoms with Crippen molar-refractivity contribution in [3.8, 4) is 5.75 Å². The highest BCUT2D eigenvalue weighted by atomic mass is 127. The summed E-state index contributed by atoms with van der Waals surface area (Å²) in [5.74, 6) is 0.725. The summed E-state index contributed by atoms with van der Waals surface area (Å²) in [6.07, 6.45) is 1.75. The third kappa shape index (κ3) is 3.83. The van der Waals surface area contributed by atoms with Crippen LogP contribution in [0.1, 0.15) is 26.3 Å². The van der Waals surface area contributed by atoms with E-state index in [-0.39, 0.29) is 5.60 Å². The minimum Gasteiger partial charge on any atom is -0.335 e. The lowest BCUT2D eigenvalue weighted by Gasteiger charge is -2.19. The zero-order valence-electron chi connectivity index (χ0n) is 9.21. The summed E-state index contributed by atoms with van der Waals surface area (Å²) in [6, 6.07) is 5.87. The second-order valence-corrected chi connectivity index (χ2v) is 5.30. The van der Waals surface area contributed by atoms with Crippen molar-refractivity contribution < 1.29 is 9.78 Å². The van der Waals surface area contributed by atoms with Gasteiger partial charge in [-0.3, -0.25) is 0 Å². The first-order valence-corrected chi connectivity index (χ1v) is 5.78. The lowest BCUT2D eigenvalue weighted by Crippen LogP contribution is -2.21. The number of hydrogen-bond donors (Lipinski definition) is 0. The van der Waals surface area contributed by atoms with Crippen molar-refractivity contribution in [2.75, 3.05) is 0 Å². The second kappa shape index (κ2) is 4.99. The molecule has 15 heavy (non-hydrogen) atoms. The van der Waals surface area contributed by atoms with Crippen LogP contribution in [0.3, 0.4) is 0 Å². The van der Waals surface area contributed by atoms with Crippen molar-refractivity contribution >= 4 is 28.7 Å². The molecule has 0 fully saturated rings. The molecule has 0 unspecified atom stereocenters. The largest absolute Gasteiger partial charge is 0.335 e. The van der Waals surface area contributed by atoms with Crippen molar-refractivity contribution in [2.24, 2.45) is 0 Å². The zero-order valence-corrected chi connectivity index (χ0v) is 11.4. The molecule has 0 amide bonds. The minimum absolute atomic E-state index is 0.322. The Kier molecular flexibility index (Phi) is 4.16. The van der Waals surface area contributed by atoms with Crippen molar-refractivity contribution in [1.29, 1.82) is 0 Å². The fraction of sp³-hybridized carbons (Fsp3) is 0.333. The Morgan fingerprint density at radius 3 is 2.53 bits per heavy atom. The molecule has 1 rings (SSSR count). The average Bonchev–Trinajstić information content (AvgIpc) is 2.14. The van der Waals surface area contributed by atoms with Crippen LogP contribution in [-0.2, 0) is 4.89 Å². The highest BCUT2D eigenvalue weighted by Gasteiger charge is 2.15. The molecular formula is C12H15IO2. The van der Waals surface area contributed by atoms with E-state index in [1.54, 1.807) is 6.08 Å². The van der Waals surface area contributed by atoms with Crippen LogP contribution in [-0.4, -0.2) is 5.60 Å². The van der Waals surface area contributed by atoms with E-state index in [1.165, 1.54) is 0 Å². The molecule has 1 aromatic rings. The molecule has 0 N–H and O–H groups in total. The quantitative estimate of drug-likeness (QED) is 0.476. The molecule has 0 heterocycles. The summed E-state index contributed by atoms with van der Waals surface area (Å²) in [5, 5.41) is 0. The maximum Gasteiger partial charge on any atom is 0.185 e. The van der Waals surface area contributed by atoms with E-state index in [1.807, 2.05) is 39.0 Å². The normalized spacial score (nSPS) is 11.2. The number of halogens is 1. The van der Waals surface area contributed by atoms with Crippen LogP contribution in [0.5, 0.6) is 5.75 Å². The van der Waals surface area contributed by atoms with Gasteiger partial charge >= 0.3 is 0 Å². The van der Waals surface area contributed by atoms with Gasteiger partial charge in [-0.2, -0.15) is 4.89 Å². The topological polar surface area (TPSA) is 18.5 Å². The van der Waals surface area contributed by atoms with Gasteiger partial charge in [0.25, 0.3) is 0 Å². The fourth-order valence-electron chi connectivity index (χ4n) is 0.941. The molecule has 3 heteroatoms. The van der Waals surface area contributed by atoms with E-state index in [2.05, 4.69) is 29.2 Å². The Hall–Kier alpha value is -0.550. The molecule has 0 saturated heterocycles. The molecule has 0 spiro atoms. The maximum atomic E-state index is 5.34. The third-order valence-corrected chi connectivity index (χ3v) is 2.44. The van der Waals surface area contributed by atoms with Gasteiger partial charge in [-0.25, -0.2) is 0 Å². The van der Waals surface area contributed by atoms with Crippen LogP contribution >= 0.6 is 22.6 Å². The van der Waals surface area contributed by atoms with Gasteiger partial charge in [-0.05, 0) is 49.4 Å². The predicted molar refractivity (Wildman–Crippen MR) is 70.7 cm³/mol. The number of benzene rings is 1. The molecule has 82 valence electrons. The summed E-state index contributed by atoms with van der Waals surface area (Å²) in [5.41, 5.74) is 0.614. The summed E-state index contributed by atoms with van der Waals surface area (Å²) in [7, 11) is 0. The van der Waals surface area contributed by atoms with E-state index < -0.39 is 0 Å². The van der Waals surface area contributed by atoms with Crippen LogP contribution < -0.4 is 4.89 Å². The van der Waals surface area contributed by atoms with E-state index in [0.29, 0.717) is 0 Å². The molecule has 0 saturated carbocycles. The Morgan fingerprint density at radius 2 is 2.00 bits per heavy atom. The Bertz CT molecular complexity index is 353. The second-order valence-electron chi connectivity index (χ2n) is 4.14. The van der Waals surface area contributed by atoms with Gasteiger partial charge in [0.15, 0.2) is 5.75 Å². The van der Waals surface area contributed by atoms with E-state index in [4.69, 9.17) is 9.78 Å². The SMILES string of the molecule is C=Cc1cccc(I)c1OOC(C)(C)C. The lowest BCUT2D eigenvalue weighted by atomic mass is 10.2.